The van der Waals surface area contributed by atoms with Crippen LogP contribution in [-0.2, 0) is 0 Å². The minimum absolute atomic E-state index is 0.514. The normalized spacial score (nSPS) is 15.2. The first-order valence-electron chi connectivity index (χ1n) is 4.93. The third-order valence-corrected chi connectivity index (χ3v) is 2.23. The van der Waals surface area contributed by atoms with E-state index in [0.717, 1.165) is 13.0 Å². The van der Waals surface area contributed by atoms with E-state index < -0.39 is 0 Å². The Morgan fingerprint density at radius 1 is 1.42 bits per heavy atom. The monoisotopic (exact) mass is 167 g/mol. The molecule has 0 saturated heterocycles. The summed E-state index contributed by atoms with van der Waals surface area (Å²) in [6, 6.07) is 0.514. The minimum atomic E-state index is 0.514. The predicted molar refractivity (Wildman–Crippen MR) is 55.0 cm³/mol. The molecule has 1 N–H and O–H groups in total. The topological polar surface area (TPSA) is 12.0 Å². The van der Waals surface area contributed by atoms with Crippen molar-refractivity contribution in [3.63, 3.8) is 0 Å². The lowest BCUT2D eigenvalue weighted by Gasteiger charge is -2.22. The Hall–Kier alpha value is -0.480. The molecule has 2 unspecified atom stereocenters. The molecule has 0 aromatic rings. The Morgan fingerprint density at radius 2 is 2.08 bits per heavy atom. The van der Waals surface area contributed by atoms with Gasteiger partial charge in [0, 0.05) is 12.5 Å². The summed E-state index contributed by atoms with van der Waals surface area (Å²) in [5, 5.41) is 3.43. The Kier molecular flexibility index (Phi) is 6.90. The van der Waals surface area contributed by atoms with Gasteiger partial charge in [0.25, 0.3) is 0 Å². The standard InChI is InChI=1S/C11H21N/c1-5-8-10(4)11(9-6-2)12-7-3/h2,10-12H,5,7-9H2,1,3-4H3. The van der Waals surface area contributed by atoms with Crippen molar-refractivity contribution in [2.45, 2.75) is 46.1 Å². The molecule has 0 heterocycles. The average Bonchev–Trinajstić information content (AvgIpc) is 2.04. The number of terminal acetylenes is 1. The fourth-order valence-corrected chi connectivity index (χ4v) is 1.52. The molecule has 0 fully saturated rings. The van der Waals surface area contributed by atoms with Crippen molar-refractivity contribution in [2.24, 2.45) is 5.92 Å². The zero-order valence-corrected chi connectivity index (χ0v) is 8.56. The van der Waals surface area contributed by atoms with Gasteiger partial charge >= 0.3 is 0 Å². The molecule has 0 aliphatic heterocycles. The molecular weight excluding hydrogens is 146 g/mol. The summed E-state index contributed by atoms with van der Waals surface area (Å²) in [6.07, 6.45) is 8.67. The van der Waals surface area contributed by atoms with Crippen LogP contribution in [-0.4, -0.2) is 12.6 Å². The van der Waals surface area contributed by atoms with E-state index in [9.17, 15) is 0 Å². The molecule has 0 rings (SSSR count). The van der Waals surface area contributed by atoms with Crippen LogP contribution in [0.4, 0.5) is 0 Å². The molecule has 2 atom stereocenters. The van der Waals surface area contributed by atoms with E-state index in [2.05, 4.69) is 32.0 Å². The maximum atomic E-state index is 5.30. The quantitative estimate of drug-likeness (QED) is 0.599. The van der Waals surface area contributed by atoms with Crippen molar-refractivity contribution in [1.82, 2.24) is 5.32 Å². The minimum Gasteiger partial charge on any atom is -0.313 e. The Labute approximate surface area is 76.9 Å². The van der Waals surface area contributed by atoms with Crippen LogP contribution >= 0.6 is 0 Å². The van der Waals surface area contributed by atoms with Crippen molar-refractivity contribution in [3.8, 4) is 12.3 Å². The first kappa shape index (κ1) is 11.5. The number of hydrogen-bond acceptors (Lipinski definition) is 1. The molecule has 0 aromatic heterocycles. The van der Waals surface area contributed by atoms with Crippen molar-refractivity contribution in [1.29, 1.82) is 0 Å². The Bertz CT molecular complexity index is 134. The molecule has 0 saturated carbocycles. The van der Waals surface area contributed by atoms with Crippen LogP contribution in [0.15, 0.2) is 0 Å². The second kappa shape index (κ2) is 7.18. The summed E-state index contributed by atoms with van der Waals surface area (Å²) in [4.78, 5) is 0. The van der Waals surface area contributed by atoms with Crippen molar-refractivity contribution >= 4 is 0 Å². The van der Waals surface area contributed by atoms with Crippen LogP contribution < -0.4 is 5.32 Å². The highest BCUT2D eigenvalue weighted by Crippen LogP contribution is 2.12. The highest BCUT2D eigenvalue weighted by atomic mass is 14.9. The second-order valence-corrected chi connectivity index (χ2v) is 3.34. The summed E-state index contributed by atoms with van der Waals surface area (Å²) in [7, 11) is 0. The van der Waals surface area contributed by atoms with Gasteiger partial charge in [-0.05, 0) is 18.9 Å². The molecule has 0 bridgehead atoms. The van der Waals surface area contributed by atoms with Gasteiger partial charge in [0.15, 0.2) is 0 Å². The summed E-state index contributed by atoms with van der Waals surface area (Å²) >= 11 is 0. The predicted octanol–water partition coefficient (Wildman–Crippen LogP) is 2.42. The van der Waals surface area contributed by atoms with Crippen LogP contribution in [0.2, 0.25) is 0 Å². The summed E-state index contributed by atoms with van der Waals surface area (Å²) < 4.78 is 0. The van der Waals surface area contributed by atoms with Gasteiger partial charge < -0.3 is 5.32 Å². The van der Waals surface area contributed by atoms with E-state index in [4.69, 9.17) is 6.42 Å². The maximum absolute atomic E-state index is 5.30. The van der Waals surface area contributed by atoms with Crippen molar-refractivity contribution in [2.75, 3.05) is 6.54 Å². The van der Waals surface area contributed by atoms with E-state index in [-0.39, 0.29) is 0 Å². The molecule has 0 aliphatic carbocycles. The van der Waals surface area contributed by atoms with E-state index in [1.54, 1.807) is 0 Å². The van der Waals surface area contributed by atoms with Crippen LogP contribution in [0.3, 0.4) is 0 Å². The van der Waals surface area contributed by atoms with E-state index in [1.807, 2.05) is 0 Å². The van der Waals surface area contributed by atoms with Gasteiger partial charge in [0.1, 0.15) is 0 Å². The number of hydrogen-bond donors (Lipinski definition) is 1. The van der Waals surface area contributed by atoms with Crippen molar-refractivity contribution < 1.29 is 0 Å². The first-order valence-corrected chi connectivity index (χ1v) is 4.93. The van der Waals surface area contributed by atoms with Crippen LogP contribution in [0, 0.1) is 18.3 Å². The van der Waals surface area contributed by atoms with E-state index >= 15 is 0 Å². The third kappa shape index (κ3) is 4.41. The van der Waals surface area contributed by atoms with Gasteiger partial charge in [-0.1, -0.05) is 27.2 Å². The summed E-state index contributed by atoms with van der Waals surface area (Å²) in [5.41, 5.74) is 0. The van der Waals surface area contributed by atoms with Gasteiger partial charge in [-0.3, -0.25) is 0 Å². The zero-order chi connectivity index (χ0) is 9.40. The molecule has 0 aromatic carbocycles. The van der Waals surface area contributed by atoms with Crippen LogP contribution in [0.5, 0.6) is 0 Å². The molecule has 12 heavy (non-hydrogen) atoms. The Morgan fingerprint density at radius 3 is 2.50 bits per heavy atom. The van der Waals surface area contributed by atoms with Crippen LogP contribution in [0.25, 0.3) is 0 Å². The Balaban J connectivity index is 3.82. The largest absolute Gasteiger partial charge is 0.313 e. The lowest BCUT2D eigenvalue weighted by Crippen LogP contribution is -2.34. The molecule has 0 aliphatic rings. The highest BCUT2D eigenvalue weighted by Gasteiger charge is 2.13. The van der Waals surface area contributed by atoms with E-state index in [0.29, 0.717) is 12.0 Å². The van der Waals surface area contributed by atoms with E-state index in [1.165, 1.54) is 12.8 Å². The average molecular weight is 167 g/mol. The zero-order valence-electron chi connectivity index (χ0n) is 8.56. The molecular formula is C11H21N. The molecule has 1 heteroatoms. The fraction of sp³-hybridized carbons (Fsp3) is 0.818. The summed E-state index contributed by atoms with van der Waals surface area (Å²) in [5.74, 6) is 3.43. The van der Waals surface area contributed by atoms with Crippen molar-refractivity contribution in [3.05, 3.63) is 0 Å². The van der Waals surface area contributed by atoms with Crippen LogP contribution in [0.1, 0.15) is 40.0 Å². The molecule has 0 amide bonds. The molecule has 0 radical (unpaired) electrons. The maximum Gasteiger partial charge on any atom is 0.0243 e. The third-order valence-electron chi connectivity index (χ3n) is 2.23. The number of rotatable bonds is 6. The van der Waals surface area contributed by atoms with Gasteiger partial charge in [-0.2, -0.15) is 0 Å². The van der Waals surface area contributed by atoms with Gasteiger partial charge in [-0.15, -0.1) is 12.3 Å². The lowest BCUT2D eigenvalue weighted by molar-refractivity contribution is 0.365. The second-order valence-electron chi connectivity index (χ2n) is 3.34. The SMILES string of the molecule is C#CCC(NCC)C(C)CCC. The summed E-state index contributed by atoms with van der Waals surface area (Å²) in [6.45, 7) is 7.63. The van der Waals surface area contributed by atoms with Gasteiger partial charge in [-0.25, -0.2) is 0 Å². The fourth-order valence-electron chi connectivity index (χ4n) is 1.52. The highest BCUT2D eigenvalue weighted by molar-refractivity contribution is 4.91. The number of nitrogens with one attached hydrogen (secondary N) is 1. The molecule has 70 valence electrons. The molecule has 1 nitrogen and oxygen atoms in total. The van der Waals surface area contributed by atoms with Gasteiger partial charge in [0.2, 0.25) is 0 Å². The molecule has 0 spiro atoms. The van der Waals surface area contributed by atoms with Gasteiger partial charge in [0.05, 0.1) is 0 Å². The smallest absolute Gasteiger partial charge is 0.0243 e. The lowest BCUT2D eigenvalue weighted by atomic mass is 9.94. The first-order chi connectivity index (χ1) is 5.76.